The Morgan fingerprint density at radius 2 is 1.81 bits per heavy atom. The molecule has 1 amide bonds. The molecule has 1 heterocycles. The van der Waals surface area contributed by atoms with Gasteiger partial charge in [0.25, 0.3) is 0 Å². The lowest BCUT2D eigenvalue weighted by molar-refractivity contribution is -0.118. The summed E-state index contributed by atoms with van der Waals surface area (Å²) in [5.74, 6) is -1.47. The molecule has 1 aliphatic rings. The first-order chi connectivity index (χ1) is 12.2. The summed E-state index contributed by atoms with van der Waals surface area (Å²) < 4.78 is 54.3. The Bertz CT molecular complexity index is 976. The van der Waals surface area contributed by atoms with E-state index in [4.69, 9.17) is 0 Å². The molecule has 1 atom stereocenters. The van der Waals surface area contributed by atoms with Gasteiger partial charge in [0, 0.05) is 12.2 Å². The average molecular weight is 380 g/mol. The lowest BCUT2D eigenvalue weighted by atomic mass is 10.2. The molecule has 0 bridgehead atoms. The van der Waals surface area contributed by atoms with Crippen molar-refractivity contribution < 1.29 is 22.0 Å². The maximum absolute atomic E-state index is 13.4. The lowest BCUT2D eigenvalue weighted by Gasteiger charge is -2.18. The van der Waals surface area contributed by atoms with E-state index in [-0.39, 0.29) is 17.1 Å². The quantitative estimate of drug-likeness (QED) is 0.887. The van der Waals surface area contributed by atoms with Gasteiger partial charge in [0.2, 0.25) is 15.9 Å². The summed E-state index contributed by atoms with van der Waals surface area (Å²) in [6.07, 6.45) is 0.267. The van der Waals surface area contributed by atoms with Crippen LogP contribution in [0.4, 0.5) is 14.5 Å². The topological polar surface area (TPSA) is 66.5 Å². The van der Waals surface area contributed by atoms with E-state index in [2.05, 4.69) is 4.72 Å². The second-order valence-corrected chi connectivity index (χ2v) is 7.98. The van der Waals surface area contributed by atoms with Crippen molar-refractivity contribution in [2.75, 3.05) is 11.4 Å². The molecule has 8 heteroatoms. The Morgan fingerprint density at radius 3 is 2.50 bits per heavy atom. The summed E-state index contributed by atoms with van der Waals surface area (Å²) in [6, 6.07) is 6.81. The van der Waals surface area contributed by atoms with Crippen LogP contribution in [0.2, 0.25) is 0 Å². The third kappa shape index (κ3) is 3.47. The van der Waals surface area contributed by atoms with Gasteiger partial charge in [0.1, 0.15) is 17.7 Å². The number of anilines is 1. The first-order valence-corrected chi connectivity index (χ1v) is 9.53. The molecule has 1 N–H and O–H groups in total. The van der Waals surface area contributed by atoms with Crippen LogP contribution in [0, 0.1) is 25.5 Å². The second-order valence-electron chi connectivity index (χ2n) is 6.30. The molecule has 1 unspecified atom stereocenters. The highest BCUT2D eigenvalue weighted by Crippen LogP contribution is 2.25. The number of hydrogen-bond donors (Lipinski definition) is 1. The molecule has 1 aliphatic heterocycles. The van der Waals surface area contributed by atoms with Crippen molar-refractivity contribution in [3.05, 3.63) is 59.2 Å². The van der Waals surface area contributed by atoms with Crippen LogP contribution in [0.25, 0.3) is 0 Å². The standard InChI is InChI=1S/C18H18F2N2O3S/c1-11-3-4-13(19)10-17(11)26(24,25)21-16-7-8-22(18(16)23)14-5-6-15(20)12(2)9-14/h3-6,9-10,16,21H,7-8H2,1-2H3. The first kappa shape index (κ1) is 18.5. The van der Waals surface area contributed by atoms with Crippen LogP contribution in [-0.4, -0.2) is 26.9 Å². The van der Waals surface area contributed by atoms with Crippen molar-refractivity contribution in [3.8, 4) is 0 Å². The minimum absolute atomic E-state index is 0.193. The molecule has 138 valence electrons. The number of carbonyl (C=O) groups is 1. The molecule has 2 aromatic rings. The molecule has 26 heavy (non-hydrogen) atoms. The van der Waals surface area contributed by atoms with Gasteiger partial charge < -0.3 is 4.90 Å². The number of hydrogen-bond acceptors (Lipinski definition) is 3. The SMILES string of the molecule is Cc1cc(N2CCC(NS(=O)(=O)c3cc(F)ccc3C)C2=O)ccc1F. The number of aryl methyl sites for hydroxylation is 2. The highest BCUT2D eigenvalue weighted by atomic mass is 32.2. The molecule has 2 aromatic carbocycles. The van der Waals surface area contributed by atoms with E-state index in [0.29, 0.717) is 23.4 Å². The smallest absolute Gasteiger partial charge is 0.245 e. The van der Waals surface area contributed by atoms with E-state index in [9.17, 15) is 22.0 Å². The van der Waals surface area contributed by atoms with E-state index in [1.165, 1.54) is 29.2 Å². The highest BCUT2D eigenvalue weighted by Gasteiger charge is 2.36. The molecule has 5 nitrogen and oxygen atoms in total. The molecule has 0 aliphatic carbocycles. The van der Waals surface area contributed by atoms with Gasteiger partial charge >= 0.3 is 0 Å². The van der Waals surface area contributed by atoms with Crippen molar-refractivity contribution in [2.24, 2.45) is 0 Å². The van der Waals surface area contributed by atoms with Gasteiger partial charge in [-0.25, -0.2) is 17.2 Å². The van der Waals surface area contributed by atoms with E-state index < -0.39 is 27.8 Å². The van der Waals surface area contributed by atoms with Gasteiger partial charge in [-0.3, -0.25) is 4.79 Å². The number of carbonyl (C=O) groups excluding carboxylic acids is 1. The summed E-state index contributed by atoms with van der Waals surface area (Å²) in [5.41, 5.74) is 1.29. The van der Waals surface area contributed by atoms with Crippen LogP contribution in [0.3, 0.4) is 0 Å². The summed E-state index contributed by atoms with van der Waals surface area (Å²) >= 11 is 0. The first-order valence-electron chi connectivity index (χ1n) is 8.05. The number of halogens is 2. The van der Waals surface area contributed by atoms with E-state index in [0.717, 1.165) is 6.07 Å². The van der Waals surface area contributed by atoms with Crippen LogP contribution in [0.5, 0.6) is 0 Å². The zero-order chi connectivity index (χ0) is 19.1. The molecule has 0 aromatic heterocycles. The van der Waals surface area contributed by atoms with Gasteiger partial charge in [0.15, 0.2) is 0 Å². The maximum atomic E-state index is 13.4. The largest absolute Gasteiger partial charge is 0.311 e. The Morgan fingerprint density at radius 1 is 1.08 bits per heavy atom. The molecule has 0 radical (unpaired) electrons. The number of sulfonamides is 1. The fourth-order valence-electron chi connectivity index (χ4n) is 2.96. The maximum Gasteiger partial charge on any atom is 0.245 e. The number of nitrogens with zero attached hydrogens (tertiary/aromatic N) is 1. The van der Waals surface area contributed by atoms with Crippen LogP contribution in [0.1, 0.15) is 17.5 Å². The van der Waals surface area contributed by atoms with E-state index in [1.54, 1.807) is 19.9 Å². The lowest BCUT2D eigenvalue weighted by Crippen LogP contribution is -2.41. The monoisotopic (exact) mass is 380 g/mol. The Hall–Kier alpha value is -2.32. The molecular formula is C18H18F2N2O3S. The summed E-state index contributed by atoms with van der Waals surface area (Å²) in [5, 5.41) is 0. The third-order valence-corrected chi connectivity index (χ3v) is 6.01. The van der Waals surface area contributed by atoms with Crippen molar-refractivity contribution in [1.82, 2.24) is 4.72 Å². The van der Waals surface area contributed by atoms with Gasteiger partial charge in [-0.1, -0.05) is 6.07 Å². The number of rotatable bonds is 4. The molecule has 1 fully saturated rings. The molecule has 3 rings (SSSR count). The van der Waals surface area contributed by atoms with Crippen LogP contribution >= 0.6 is 0 Å². The van der Waals surface area contributed by atoms with Crippen molar-refractivity contribution in [2.45, 2.75) is 31.2 Å². The predicted molar refractivity (Wildman–Crippen MR) is 93.4 cm³/mol. The minimum Gasteiger partial charge on any atom is -0.311 e. The fraction of sp³-hybridized carbons (Fsp3) is 0.278. The van der Waals surface area contributed by atoms with E-state index >= 15 is 0 Å². The molecule has 1 saturated heterocycles. The Kier molecular flexibility index (Phi) is 4.81. The normalized spacial score (nSPS) is 17.8. The van der Waals surface area contributed by atoms with Crippen molar-refractivity contribution in [3.63, 3.8) is 0 Å². The molecule has 0 saturated carbocycles. The predicted octanol–water partition coefficient (Wildman–Crippen LogP) is 2.67. The Balaban J connectivity index is 1.82. The minimum atomic E-state index is -4.05. The van der Waals surface area contributed by atoms with Gasteiger partial charge in [-0.2, -0.15) is 4.72 Å². The van der Waals surface area contributed by atoms with Crippen molar-refractivity contribution >= 4 is 21.6 Å². The summed E-state index contributed by atoms with van der Waals surface area (Å²) in [7, 11) is -4.05. The number of amides is 1. The van der Waals surface area contributed by atoms with Gasteiger partial charge in [-0.05, 0) is 61.7 Å². The molecular weight excluding hydrogens is 362 g/mol. The average Bonchev–Trinajstić information content (AvgIpc) is 2.92. The third-order valence-electron chi connectivity index (χ3n) is 4.40. The molecule has 0 spiro atoms. The second kappa shape index (κ2) is 6.77. The summed E-state index contributed by atoms with van der Waals surface area (Å²) in [4.78, 5) is 13.8. The number of benzene rings is 2. The fourth-order valence-corrected chi connectivity index (χ4v) is 4.44. The van der Waals surface area contributed by atoms with Crippen LogP contribution in [0.15, 0.2) is 41.3 Å². The summed E-state index contributed by atoms with van der Waals surface area (Å²) in [6.45, 7) is 3.45. The Labute approximate surface area is 150 Å². The zero-order valence-corrected chi connectivity index (χ0v) is 15.1. The number of nitrogens with one attached hydrogen (secondary N) is 1. The van der Waals surface area contributed by atoms with Crippen molar-refractivity contribution in [1.29, 1.82) is 0 Å². The van der Waals surface area contributed by atoms with Gasteiger partial charge in [-0.15, -0.1) is 0 Å². The highest BCUT2D eigenvalue weighted by molar-refractivity contribution is 7.89. The van der Waals surface area contributed by atoms with E-state index in [1.807, 2.05) is 0 Å². The zero-order valence-electron chi connectivity index (χ0n) is 14.3. The van der Waals surface area contributed by atoms with Crippen LogP contribution < -0.4 is 9.62 Å². The van der Waals surface area contributed by atoms with Crippen LogP contribution in [-0.2, 0) is 14.8 Å². The van der Waals surface area contributed by atoms with Gasteiger partial charge in [0.05, 0.1) is 4.90 Å².